The van der Waals surface area contributed by atoms with Gasteiger partial charge in [-0.15, -0.1) is 0 Å². The van der Waals surface area contributed by atoms with Crippen molar-refractivity contribution in [3.63, 3.8) is 0 Å². The number of amides is 2. The lowest BCUT2D eigenvalue weighted by atomic mass is 10.1. The van der Waals surface area contributed by atoms with E-state index in [1.165, 1.54) is 39.2 Å². The standard InChI is InChI=1S/C18H20BrN3O4S/c1-11-5-7-14(10-16(11)20-12(2)23)21-18(24)13-6-8-15(19)17(9-13)27(25,26)22(3)4/h5-10H,1-4H3,(H,20,23)(H,21,24). The molecule has 0 saturated heterocycles. The highest BCUT2D eigenvalue weighted by Gasteiger charge is 2.22. The minimum absolute atomic E-state index is 0.00277. The van der Waals surface area contributed by atoms with E-state index in [1.807, 2.05) is 6.92 Å². The fraction of sp³-hybridized carbons (Fsp3) is 0.222. The number of carbonyl (C=O) groups excluding carboxylic acids is 2. The molecule has 27 heavy (non-hydrogen) atoms. The molecule has 2 aromatic rings. The summed E-state index contributed by atoms with van der Waals surface area (Å²) in [7, 11) is -0.861. The van der Waals surface area contributed by atoms with Crippen LogP contribution >= 0.6 is 15.9 Å². The second-order valence-electron chi connectivity index (χ2n) is 6.10. The SMILES string of the molecule is CC(=O)Nc1cc(NC(=O)c2ccc(Br)c(S(=O)(=O)N(C)C)c2)ccc1C. The molecule has 0 atom stereocenters. The highest BCUT2D eigenvalue weighted by atomic mass is 79.9. The van der Waals surface area contributed by atoms with Gasteiger partial charge in [0.2, 0.25) is 15.9 Å². The minimum Gasteiger partial charge on any atom is -0.326 e. The summed E-state index contributed by atoms with van der Waals surface area (Å²) in [5, 5.41) is 5.41. The molecule has 0 heterocycles. The second kappa shape index (κ2) is 8.20. The molecule has 0 aliphatic rings. The number of sulfonamides is 1. The largest absolute Gasteiger partial charge is 0.326 e. The summed E-state index contributed by atoms with van der Waals surface area (Å²) in [5.74, 6) is -0.677. The van der Waals surface area contributed by atoms with Crippen molar-refractivity contribution in [2.24, 2.45) is 0 Å². The van der Waals surface area contributed by atoms with Crippen LogP contribution in [-0.4, -0.2) is 38.6 Å². The molecule has 2 N–H and O–H groups in total. The van der Waals surface area contributed by atoms with Crippen LogP contribution in [0.1, 0.15) is 22.8 Å². The van der Waals surface area contributed by atoms with Gasteiger partial charge in [0, 0.05) is 42.4 Å². The second-order valence-corrected chi connectivity index (χ2v) is 9.07. The number of nitrogens with one attached hydrogen (secondary N) is 2. The van der Waals surface area contributed by atoms with Gasteiger partial charge in [0.25, 0.3) is 5.91 Å². The Bertz CT molecular complexity index is 1000. The van der Waals surface area contributed by atoms with Gasteiger partial charge in [0.1, 0.15) is 0 Å². The molecule has 7 nitrogen and oxygen atoms in total. The van der Waals surface area contributed by atoms with Crippen LogP contribution in [0.25, 0.3) is 0 Å². The summed E-state index contributed by atoms with van der Waals surface area (Å²) in [6.07, 6.45) is 0. The summed E-state index contributed by atoms with van der Waals surface area (Å²) in [5.41, 5.74) is 2.12. The van der Waals surface area contributed by atoms with E-state index in [2.05, 4.69) is 26.6 Å². The highest BCUT2D eigenvalue weighted by Crippen LogP contribution is 2.26. The number of benzene rings is 2. The van der Waals surface area contributed by atoms with Crippen molar-refractivity contribution < 1.29 is 18.0 Å². The van der Waals surface area contributed by atoms with Crippen LogP contribution in [0.3, 0.4) is 0 Å². The van der Waals surface area contributed by atoms with Crippen LogP contribution in [0.4, 0.5) is 11.4 Å². The van der Waals surface area contributed by atoms with Crippen molar-refractivity contribution in [3.05, 3.63) is 52.0 Å². The normalized spacial score (nSPS) is 11.3. The number of aryl methyl sites for hydroxylation is 1. The van der Waals surface area contributed by atoms with Gasteiger partial charge in [0.05, 0.1) is 4.90 Å². The van der Waals surface area contributed by atoms with E-state index in [0.717, 1.165) is 9.87 Å². The summed E-state index contributed by atoms with van der Waals surface area (Å²) in [6.45, 7) is 3.24. The van der Waals surface area contributed by atoms with E-state index in [9.17, 15) is 18.0 Å². The lowest BCUT2D eigenvalue weighted by Crippen LogP contribution is -2.23. The predicted octanol–water partition coefficient (Wildman–Crippen LogP) is 3.22. The molecule has 0 fully saturated rings. The lowest BCUT2D eigenvalue weighted by molar-refractivity contribution is -0.114. The molecule has 0 unspecified atom stereocenters. The molecule has 0 aromatic heterocycles. The van der Waals surface area contributed by atoms with Crippen molar-refractivity contribution >= 4 is 49.1 Å². The number of rotatable bonds is 5. The number of hydrogen-bond acceptors (Lipinski definition) is 4. The van der Waals surface area contributed by atoms with Gasteiger partial charge in [-0.1, -0.05) is 6.07 Å². The zero-order valence-corrected chi connectivity index (χ0v) is 17.7. The summed E-state index contributed by atoms with van der Waals surface area (Å²) in [4.78, 5) is 23.8. The fourth-order valence-electron chi connectivity index (χ4n) is 2.27. The third kappa shape index (κ3) is 4.94. The van der Waals surface area contributed by atoms with Crippen molar-refractivity contribution in [2.75, 3.05) is 24.7 Å². The minimum atomic E-state index is -3.70. The van der Waals surface area contributed by atoms with Gasteiger partial charge in [-0.25, -0.2) is 12.7 Å². The number of carbonyl (C=O) groups is 2. The number of halogens is 1. The maximum atomic E-state index is 12.6. The molecular weight excluding hydrogens is 434 g/mol. The van der Waals surface area contributed by atoms with Crippen LogP contribution in [-0.2, 0) is 14.8 Å². The molecule has 144 valence electrons. The maximum Gasteiger partial charge on any atom is 0.255 e. The first-order valence-electron chi connectivity index (χ1n) is 7.94. The zero-order valence-electron chi connectivity index (χ0n) is 15.3. The maximum absolute atomic E-state index is 12.6. The predicted molar refractivity (Wildman–Crippen MR) is 108 cm³/mol. The molecule has 0 aliphatic heterocycles. The fourth-order valence-corrected chi connectivity index (χ4v) is 4.11. The van der Waals surface area contributed by atoms with Crippen LogP contribution in [0.2, 0.25) is 0 Å². The summed E-state index contributed by atoms with van der Waals surface area (Å²) < 4.78 is 26.2. The van der Waals surface area contributed by atoms with E-state index in [4.69, 9.17) is 0 Å². The van der Waals surface area contributed by atoms with Crippen LogP contribution in [0.15, 0.2) is 45.8 Å². The van der Waals surface area contributed by atoms with E-state index in [0.29, 0.717) is 15.8 Å². The first-order chi connectivity index (χ1) is 12.5. The van der Waals surface area contributed by atoms with E-state index >= 15 is 0 Å². The van der Waals surface area contributed by atoms with Gasteiger partial charge in [-0.05, 0) is 58.7 Å². The highest BCUT2D eigenvalue weighted by molar-refractivity contribution is 9.10. The third-order valence-corrected chi connectivity index (χ3v) is 6.57. The first-order valence-corrected chi connectivity index (χ1v) is 10.2. The molecule has 0 radical (unpaired) electrons. The Hall–Kier alpha value is -2.23. The third-order valence-electron chi connectivity index (χ3n) is 3.76. The van der Waals surface area contributed by atoms with Gasteiger partial charge >= 0.3 is 0 Å². The molecule has 0 bridgehead atoms. The van der Waals surface area contributed by atoms with Gasteiger partial charge in [-0.2, -0.15) is 0 Å². The Balaban J connectivity index is 2.33. The summed E-state index contributed by atoms with van der Waals surface area (Å²) >= 11 is 3.21. The smallest absolute Gasteiger partial charge is 0.255 e. The Morgan fingerprint density at radius 2 is 1.70 bits per heavy atom. The van der Waals surface area contributed by atoms with E-state index < -0.39 is 15.9 Å². The molecule has 0 spiro atoms. The number of nitrogens with zero attached hydrogens (tertiary/aromatic N) is 1. The molecule has 0 aliphatic carbocycles. The first kappa shape index (κ1) is 21.1. The molecular formula is C18H20BrN3O4S. The average Bonchev–Trinajstić information content (AvgIpc) is 2.57. The van der Waals surface area contributed by atoms with Gasteiger partial charge in [-0.3, -0.25) is 9.59 Å². The van der Waals surface area contributed by atoms with E-state index in [-0.39, 0.29) is 16.4 Å². The van der Waals surface area contributed by atoms with Crippen molar-refractivity contribution in [1.29, 1.82) is 0 Å². The monoisotopic (exact) mass is 453 g/mol. The van der Waals surface area contributed by atoms with Crippen molar-refractivity contribution in [2.45, 2.75) is 18.7 Å². The van der Waals surface area contributed by atoms with Crippen LogP contribution in [0, 0.1) is 6.92 Å². The van der Waals surface area contributed by atoms with Gasteiger partial charge < -0.3 is 10.6 Å². The zero-order chi connectivity index (χ0) is 20.4. The molecule has 0 saturated carbocycles. The lowest BCUT2D eigenvalue weighted by Gasteiger charge is -2.14. The Kier molecular flexibility index (Phi) is 6.40. The van der Waals surface area contributed by atoms with Crippen LogP contribution < -0.4 is 10.6 Å². The quantitative estimate of drug-likeness (QED) is 0.726. The Morgan fingerprint density at radius 3 is 2.30 bits per heavy atom. The number of anilines is 2. The molecule has 2 aromatic carbocycles. The average molecular weight is 454 g/mol. The van der Waals surface area contributed by atoms with Crippen LogP contribution in [0.5, 0.6) is 0 Å². The van der Waals surface area contributed by atoms with E-state index in [1.54, 1.807) is 18.2 Å². The molecule has 2 rings (SSSR count). The number of hydrogen-bond donors (Lipinski definition) is 2. The Labute approximate surface area is 166 Å². The Morgan fingerprint density at radius 1 is 1.04 bits per heavy atom. The topological polar surface area (TPSA) is 95.6 Å². The summed E-state index contributed by atoms with van der Waals surface area (Å²) in [6, 6.07) is 9.47. The molecule has 9 heteroatoms. The van der Waals surface area contributed by atoms with Gasteiger partial charge in [0.15, 0.2) is 0 Å². The van der Waals surface area contributed by atoms with Crippen molar-refractivity contribution in [3.8, 4) is 0 Å². The van der Waals surface area contributed by atoms with Crippen molar-refractivity contribution in [1.82, 2.24) is 4.31 Å². The molecule has 2 amide bonds.